The van der Waals surface area contributed by atoms with Gasteiger partial charge in [-0.2, -0.15) is 5.26 Å². The summed E-state index contributed by atoms with van der Waals surface area (Å²) in [7, 11) is 0. The van der Waals surface area contributed by atoms with Crippen LogP contribution in [0.2, 0.25) is 0 Å². The van der Waals surface area contributed by atoms with Gasteiger partial charge in [-0.3, -0.25) is 4.79 Å². The SMILES string of the molecule is CCCCCNC(=O)C(C#N)c1nc2ccccc2nc1N(CCCC)CCCC. The summed E-state index contributed by atoms with van der Waals surface area (Å²) in [4.78, 5) is 24.7. The predicted molar refractivity (Wildman–Crippen MR) is 122 cm³/mol. The average molecular weight is 410 g/mol. The van der Waals surface area contributed by atoms with Crippen molar-refractivity contribution < 1.29 is 4.79 Å². The van der Waals surface area contributed by atoms with Crippen LogP contribution < -0.4 is 10.2 Å². The molecule has 0 aliphatic rings. The molecule has 6 heteroatoms. The third kappa shape index (κ3) is 6.41. The molecule has 30 heavy (non-hydrogen) atoms. The molecule has 1 N–H and O–H groups in total. The average Bonchev–Trinajstić information content (AvgIpc) is 2.77. The molecule has 1 heterocycles. The lowest BCUT2D eigenvalue weighted by molar-refractivity contribution is -0.121. The van der Waals surface area contributed by atoms with E-state index < -0.39 is 5.92 Å². The second-order valence-electron chi connectivity index (χ2n) is 7.68. The highest BCUT2D eigenvalue weighted by atomic mass is 16.1. The normalized spacial score (nSPS) is 11.8. The van der Waals surface area contributed by atoms with Gasteiger partial charge in [-0.1, -0.05) is 58.6 Å². The maximum absolute atomic E-state index is 12.9. The fourth-order valence-corrected chi connectivity index (χ4v) is 3.38. The molecule has 0 radical (unpaired) electrons. The van der Waals surface area contributed by atoms with Crippen LogP contribution in [0.4, 0.5) is 5.82 Å². The van der Waals surface area contributed by atoms with E-state index in [1.807, 2.05) is 24.3 Å². The minimum Gasteiger partial charge on any atom is -0.355 e. The standard InChI is InChI=1S/C24H35N5O/c1-4-7-12-15-26-24(30)19(18-25)22-23(29(16-8-5-2)17-9-6-3)28-21-14-11-10-13-20(21)27-22/h10-11,13-14,19H,4-9,12,15-17H2,1-3H3,(H,26,30). The number of unbranched alkanes of at least 4 members (excludes halogenated alkanes) is 4. The highest BCUT2D eigenvalue weighted by Gasteiger charge is 2.28. The third-order valence-corrected chi connectivity index (χ3v) is 5.19. The summed E-state index contributed by atoms with van der Waals surface area (Å²) in [6.45, 7) is 8.70. The lowest BCUT2D eigenvalue weighted by atomic mass is 10.0. The van der Waals surface area contributed by atoms with Crippen molar-refractivity contribution in [3.8, 4) is 6.07 Å². The van der Waals surface area contributed by atoms with Gasteiger partial charge in [0.2, 0.25) is 5.91 Å². The molecule has 0 spiro atoms. The van der Waals surface area contributed by atoms with E-state index in [-0.39, 0.29) is 5.91 Å². The summed E-state index contributed by atoms with van der Waals surface area (Å²) in [5, 5.41) is 12.8. The van der Waals surface area contributed by atoms with Crippen LogP contribution in [0, 0.1) is 11.3 Å². The molecule has 0 bridgehead atoms. The summed E-state index contributed by atoms with van der Waals surface area (Å²) in [6.07, 6.45) is 7.24. The maximum Gasteiger partial charge on any atom is 0.243 e. The van der Waals surface area contributed by atoms with E-state index in [4.69, 9.17) is 9.97 Å². The van der Waals surface area contributed by atoms with Crippen molar-refractivity contribution in [2.24, 2.45) is 0 Å². The third-order valence-electron chi connectivity index (χ3n) is 5.19. The summed E-state index contributed by atoms with van der Waals surface area (Å²) in [6, 6.07) is 9.84. The molecule has 1 atom stereocenters. The number of nitrogens with one attached hydrogen (secondary N) is 1. The van der Waals surface area contributed by atoms with Crippen LogP contribution >= 0.6 is 0 Å². The van der Waals surface area contributed by atoms with E-state index in [1.54, 1.807) is 0 Å². The second-order valence-corrected chi connectivity index (χ2v) is 7.68. The van der Waals surface area contributed by atoms with Gasteiger partial charge in [0.25, 0.3) is 0 Å². The van der Waals surface area contributed by atoms with E-state index in [2.05, 4.69) is 37.1 Å². The first kappa shape index (κ1) is 23.6. The van der Waals surface area contributed by atoms with Gasteiger partial charge in [-0.05, 0) is 31.4 Å². The van der Waals surface area contributed by atoms with Crippen LogP contribution in [0.25, 0.3) is 11.0 Å². The fraction of sp³-hybridized carbons (Fsp3) is 0.583. The molecule has 6 nitrogen and oxygen atoms in total. The Bertz CT molecular complexity index is 837. The Morgan fingerprint density at radius 1 is 1.00 bits per heavy atom. The van der Waals surface area contributed by atoms with Crippen molar-refractivity contribution in [3.63, 3.8) is 0 Å². The zero-order chi connectivity index (χ0) is 21.8. The number of amides is 1. The van der Waals surface area contributed by atoms with Crippen LogP contribution in [0.1, 0.15) is 77.3 Å². The van der Waals surface area contributed by atoms with E-state index in [9.17, 15) is 10.1 Å². The van der Waals surface area contributed by atoms with Crippen molar-refractivity contribution in [1.29, 1.82) is 5.26 Å². The van der Waals surface area contributed by atoms with Crippen LogP contribution in [-0.2, 0) is 4.79 Å². The molecular formula is C24H35N5O. The topological polar surface area (TPSA) is 81.9 Å². The Hall–Kier alpha value is -2.68. The van der Waals surface area contributed by atoms with Crippen LogP contribution in [0.5, 0.6) is 0 Å². The van der Waals surface area contributed by atoms with Crippen LogP contribution in [-0.4, -0.2) is 35.5 Å². The van der Waals surface area contributed by atoms with E-state index in [0.29, 0.717) is 23.6 Å². The number of nitrogens with zero attached hydrogens (tertiary/aromatic N) is 4. The lowest BCUT2D eigenvalue weighted by Crippen LogP contribution is -2.33. The molecular weight excluding hydrogens is 374 g/mol. The Morgan fingerprint density at radius 3 is 2.17 bits per heavy atom. The zero-order valence-electron chi connectivity index (χ0n) is 18.7. The van der Waals surface area contributed by atoms with Crippen LogP contribution in [0.3, 0.4) is 0 Å². The number of carbonyl (C=O) groups excluding carboxylic acids is 1. The molecule has 1 aromatic carbocycles. The van der Waals surface area contributed by atoms with Gasteiger partial charge in [-0.15, -0.1) is 0 Å². The molecule has 162 valence electrons. The molecule has 2 aromatic rings. The molecule has 0 saturated heterocycles. The summed E-state index contributed by atoms with van der Waals surface area (Å²) < 4.78 is 0. The summed E-state index contributed by atoms with van der Waals surface area (Å²) in [5.74, 6) is -0.583. The first-order valence-corrected chi connectivity index (χ1v) is 11.3. The van der Waals surface area contributed by atoms with Crippen molar-refractivity contribution in [2.75, 3.05) is 24.5 Å². The van der Waals surface area contributed by atoms with Gasteiger partial charge >= 0.3 is 0 Å². The number of benzene rings is 1. The number of carbonyl (C=O) groups is 1. The minimum absolute atomic E-state index is 0.287. The highest BCUT2D eigenvalue weighted by Crippen LogP contribution is 2.28. The van der Waals surface area contributed by atoms with Gasteiger partial charge in [0.15, 0.2) is 11.7 Å². The van der Waals surface area contributed by atoms with E-state index >= 15 is 0 Å². The monoisotopic (exact) mass is 409 g/mol. The Kier molecular flexibility index (Phi) is 10.1. The number of rotatable bonds is 13. The van der Waals surface area contributed by atoms with E-state index in [1.165, 1.54) is 0 Å². The molecule has 0 saturated carbocycles. The van der Waals surface area contributed by atoms with Crippen LogP contribution in [0.15, 0.2) is 24.3 Å². The first-order valence-electron chi connectivity index (χ1n) is 11.3. The van der Waals surface area contributed by atoms with Gasteiger partial charge in [-0.25, -0.2) is 9.97 Å². The van der Waals surface area contributed by atoms with Gasteiger partial charge in [0.05, 0.1) is 17.1 Å². The maximum atomic E-state index is 12.9. The smallest absolute Gasteiger partial charge is 0.243 e. The number of hydrogen-bond donors (Lipinski definition) is 1. The Morgan fingerprint density at radius 2 is 1.60 bits per heavy atom. The highest BCUT2D eigenvalue weighted by molar-refractivity contribution is 5.88. The number of hydrogen-bond acceptors (Lipinski definition) is 5. The number of anilines is 1. The summed E-state index contributed by atoms with van der Waals surface area (Å²) >= 11 is 0. The quantitative estimate of drug-likeness (QED) is 0.473. The van der Waals surface area contributed by atoms with Crippen molar-refractivity contribution in [1.82, 2.24) is 15.3 Å². The Labute approximate surface area is 180 Å². The second kappa shape index (κ2) is 12.8. The minimum atomic E-state index is -0.968. The van der Waals surface area contributed by atoms with Crippen molar-refractivity contribution >= 4 is 22.8 Å². The van der Waals surface area contributed by atoms with Crippen molar-refractivity contribution in [3.05, 3.63) is 30.0 Å². The number of nitriles is 1. The molecule has 0 aliphatic heterocycles. The molecule has 1 unspecified atom stereocenters. The van der Waals surface area contributed by atoms with Gasteiger partial charge in [0, 0.05) is 19.6 Å². The predicted octanol–water partition coefficient (Wildman–Crippen LogP) is 4.95. The van der Waals surface area contributed by atoms with Gasteiger partial charge in [0.1, 0.15) is 5.69 Å². The molecule has 1 aromatic heterocycles. The Balaban J connectivity index is 2.44. The van der Waals surface area contributed by atoms with Crippen molar-refractivity contribution in [2.45, 2.75) is 71.6 Å². The number of aromatic nitrogens is 2. The zero-order valence-corrected chi connectivity index (χ0v) is 18.7. The van der Waals surface area contributed by atoms with Gasteiger partial charge < -0.3 is 10.2 Å². The largest absolute Gasteiger partial charge is 0.355 e. The first-order chi connectivity index (χ1) is 14.7. The molecule has 0 aliphatic carbocycles. The summed E-state index contributed by atoms with van der Waals surface area (Å²) in [5.41, 5.74) is 1.96. The molecule has 1 amide bonds. The fourth-order valence-electron chi connectivity index (χ4n) is 3.38. The molecule has 0 fully saturated rings. The number of fused-ring (bicyclic) bond motifs is 1. The number of para-hydroxylation sites is 2. The lowest BCUT2D eigenvalue weighted by Gasteiger charge is -2.26. The molecule has 2 rings (SSSR count). The van der Waals surface area contributed by atoms with E-state index in [0.717, 1.165) is 63.6 Å².